The molecule has 0 aromatic carbocycles. The number of hydrogen-bond acceptors (Lipinski definition) is 5. The van der Waals surface area contributed by atoms with Gasteiger partial charge in [0.2, 0.25) is 0 Å². The van der Waals surface area contributed by atoms with Gasteiger partial charge in [0.25, 0.3) is 0 Å². The molecule has 1 saturated carbocycles. The summed E-state index contributed by atoms with van der Waals surface area (Å²) >= 11 is 0. The molecule has 2 rings (SSSR count). The molecule has 1 aliphatic carbocycles. The molecule has 1 amide bonds. The molecule has 1 heterocycles. The molecule has 1 aliphatic heterocycles. The van der Waals surface area contributed by atoms with E-state index in [0.29, 0.717) is 5.92 Å². The smallest absolute Gasteiger partial charge is 0.422 e. The fourth-order valence-corrected chi connectivity index (χ4v) is 3.31. The van der Waals surface area contributed by atoms with E-state index in [0.717, 1.165) is 12.8 Å². The van der Waals surface area contributed by atoms with Gasteiger partial charge in [-0.15, -0.1) is 0 Å². The highest BCUT2D eigenvalue weighted by atomic mass is 32.2. The number of carbonyl (C=O) groups is 1. The molecule has 0 aromatic heterocycles. The van der Waals surface area contributed by atoms with E-state index in [-0.39, 0.29) is 19.2 Å². The maximum Gasteiger partial charge on any atom is 0.422 e. The zero-order valence-electron chi connectivity index (χ0n) is 10.5. The predicted molar refractivity (Wildman–Crippen MR) is 64.9 cm³/mol. The van der Waals surface area contributed by atoms with Crippen molar-refractivity contribution in [3.05, 3.63) is 0 Å². The average Bonchev–Trinajstić information content (AvgIpc) is 2.92. The van der Waals surface area contributed by atoms with E-state index in [1.54, 1.807) is 13.8 Å². The largest absolute Gasteiger partial charge is 0.446 e. The molecule has 18 heavy (non-hydrogen) atoms. The Labute approximate surface area is 107 Å². The Bertz CT molecular complexity index is 438. The van der Waals surface area contributed by atoms with E-state index < -0.39 is 21.8 Å². The first-order chi connectivity index (χ1) is 8.23. The number of nitrogens with zero attached hydrogens (tertiary/aromatic N) is 1. The van der Waals surface area contributed by atoms with Gasteiger partial charge in [0.1, 0.15) is 0 Å². The Hall–Kier alpha value is -0.860. The van der Waals surface area contributed by atoms with Crippen LogP contribution in [0.15, 0.2) is 0 Å². The molecular weight excluding hydrogens is 258 g/mol. The molecule has 0 aromatic rings. The number of ether oxygens (including phenoxy) is 1. The lowest BCUT2D eigenvalue weighted by molar-refractivity contribution is 0.115. The number of hydrogen-bond donors (Lipinski definition) is 2. The summed E-state index contributed by atoms with van der Waals surface area (Å²) in [6.45, 7) is 3.82. The number of carbonyl (C=O) groups excluding carboxylic acids is 1. The molecular formula is C10H19N3O4S. The minimum absolute atomic E-state index is 0.266. The van der Waals surface area contributed by atoms with Crippen LogP contribution in [0.4, 0.5) is 4.79 Å². The second kappa shape index (κ2) is 4.36. The van der Waals surface area contributed by atoms with E-state index in [2.05, 4.69) is 0 Å². The first kappa shape index (κ1) is 13.6. The van der Waals surface area contributed by atoms with Crippen molar-refractivity contribution in [3.8, 4) is 0 Å². The fourth-order valence-electron chi connectivity index (χ4n) is 2.10. The van der Waals surface area contributed by atoms with Crippen LogP contribution in [0.25, 0.3) is 0 Å². The highest BCUT2D eigenvalue weighted by Gasteiger charge is 2.54. The van der Waals surface area contributed by atoms with E-state index in [1.165, 1.54) is 4.31 Å². The van der Waals surface area contributed by atoms with Crippen molar-refractivity contribution in [2.24, 2.45) is 11.7 Å². The maximum atomic E-state index is 11.8. The van der Waals surface area contributed by atoms with E-state index in [1.807, 2.05) is 4.72 Å². The molecule has 7 nitrogen and oxygen atoms in total. The van der Waals surface area contributed by atoms with Crippen LogP contribution < -0.4 is 10.5 Å². The minimum Gasteiger partial charge on any atom is -0.446 e. The molecule has 1 saturated heterocycles. The number of rotatable bonds is 4. The minimum atomic E-state index is -3.82. The third-order valence-corrected chi connectivity index (χ3v) is 4.59. The summed E-state index contributed by atoms with van der Waals surface area (Å²) in [5.74, 6) is 0.423. The standard InChI is InChI=1S/C10H19N3O4S/c1-7(2)17-9(14)12-18(15,16)13-5-10(11,6-13)8-3-4-8/h7-8H,3-6,11H2,1-2H3,(H,12,14). The molecule has 0 spiro atoms. The van der Waals surface area contributed by atoms with Crippen LogP contribution in [0, 0.1) is 5.92 Å². The van der Waals surface area contributed by atoms with Crippen LogP contribution in [0.3, 0.4) is 0 Å². The Kier molecular flexibility index (Phi) is 3.28. The summed E-state index contributed by atoms with van der Waals surface area (Å²) in [6, 6.07) is 0. The van der Waals surface area contributed by atoms with Crippen LogP contribution in [-0.4, -0.2) is 43.5 Å². The molecule has 0 radical (unpaired) electrons. The van der Waals surface area contributed by atoms with Crippen LogP contribution in [0.2, 0.25) is 0 Å². The number of nitrogens with one attached hydrogen (secondary N) is 1. The second-order valence-electron chi connectivity index (χ2n) is 5.34. The van der Waals surface area contributed by atoms with Crippen molar-refractivity contribution in [3.63, 3.8) is 0 Å². The van der Waals surface area contributed by atoms with Gasteiger partial charge in [-0.05, 0) is 32.6 Å². The van der Waals surface area contributed by atoms with Crippen LogP contribution in [0.5, 0.6) is 0 Å². The highest BCUT2D eigenvalue weighted by Crippen LogP contribution is 2.43. The summed E-state index contributed by atoms with van der Waals surface area (Å²) in [7, 11) is -3.82. The van der Waals surface area contributed by atoms with Crippen LogP contribution in [-0.2, 0) is 14.9 Å². The Morgan fingerprint density at radius 3 is 2.44 bits per heavy atom. The van der Waals surface area contributed by atoms with Crippen molar-refractivity contribution >= 4 is 16.3 Å². The van der Waals surface area contributed by atoms with Crippen molar-refractivity contribution in [2.45, 2.75) is 38.3 Å². The first-order valence-corrected chi connectivity index (χ1v) is 7.44. The van der Waals surface area contributed by atoms with Crippen molar-refractivity contribution < 1.29 is 17.9 Å². The van der Waals surface area contributed by atoms with Crippen LogP contribution >= 0.6 is 0 Å². The van der Waals surface area contributed by atoms with Gasteiger partial charge in [0.15, 0.2) is 0 Å². The lowest BCUT2D eigenvalue weighted by Gasteiger charge is -2.46. The summed E-state index contributed by atoms with van der Waals surface area (Å²) in [6.07, 6.45) is 0.808. The molecule has 0 bridgehead atoms. The SMILES string of the molecule is CC(C)OC(=O)NS(=O)(=O)N1CC(N)(C2CC2)C1. The topological polar surface area (TPSA) is 102 Å². The Morgan fingerprint density at radius 2 is 2.00 bits per heavy atom. The van der Waals surface area contributed by atoms with Crippen molar-refractivity contribution in [2.75, 3.05) is 13.1 Å². The zero-order valence-corrected chi connectivity index (χ0v) is 11.4. The Morgan fingerprint density at radius 1 is 1.44 bits per heavy atom. The van der Waals surface area contributed by atoms with E-state index >= 15 is 0 Å². The van der Waals surface area contributed by atoms with Gasteiger partial charge in [-0.1, -0.05) is 0 Å². The predicted octanol–water partition coefficient (Wildman–Crippen LogP) is -0.211. The average molecular weight is 277 g/mol. The fraction of sp³-hybridized carbons (Fsp3) is 0.900. The maximum absolute atomic E-state index is 11.8. The lowest BCUT2D eigenvalue weighted by Crippen LogP contribution is -2.71. The highest BCUT2D eigenvalue weighted by molar-refractivity contribution is 7.87. The summed E-state index contributed by atoms with van der Waals surface area (Å²) in [5.41, 5.74) is 5.65. The number of nitrogens with two attached hydrogens (primary N) is 1. The molecule has 2 fully saturated rings. The Balaban J connectivity index is 1.87. The third-order valence-electron chi connectivity index (χ3n) is 3.23. The monoisotopic (exact) mass is 277 g/mol. The molecule has 104 valence electrons. The van der Waals surface area contributed by atoms with Gasteiger partial charge in [-0.25, -0.2) is 9.52 Å². The summed E-state index contributed by atoms with van der Waals surface area (Å²) in [4.78, 5) is 11.3. The van der Waals surface area contributed by atoms with Gasteiger partial charge in [-0.3, -0.25) is 0 Å². The van der Waals surface area contributed by atoms with E-state index in [4.69, 9.17) is 10.5 Å². The van der Waals surface area contributed by atoms with Gasteiger partial charge in [-0.2, -0.15) is 12.7 Å². The van der Waals surface area contributed by atoms with E-state index in [9.17, 15) is 13.2 Å². The molecule has 0 atom stereocenters. The van der Waals surface area contributed by atoms with Crippen LogP contribution in [0.1, 0.15) is 26.7 Å². The molecule has 3 N–H and O–H groups in total. The van der Waals surface area contributed by atoms with Gasteiger partial charge in [0, 0.05) is 18.6 Å². The second-order valence-corrected chi connectivity index (χ2v) is 7.01. The molecule has 2 aliphatic rings. The third kappa shape index (κ3) is 2.76. The zero-order chi connectivity index (χ0) is 13.6. The van der Waals surface area contributed by atoms with Gasteiger partial charge >= 0.3 is 16.3 Å². The van der Waals surface area contributed by atoms with Crippen molar-refractivity contribution in [1.29, 1.82) is 0 Å². The number of amides is 1. The summed E-state index contributed by atoms with van der Waals surface area (Å²) in [5, 5.41) is 0. The molecule has 0 unspecified atom stereocenters. The van der Waals surface area contributed by atoms with Gasteiger partial charge < -0.3 is 10.5 Å². The first-order valence-electron chi connectivity index (χ1n) is 6.00. The summed E-state index contributed by atoms with van der Waals surface area (Å²) < 4.78 is 31.4. The normalized spacial score (nSPS) is 23.6. The van der Waals surface area contributed by atoms with Crippen molar-refractivity contribution in [1.82, 2.24) is 9.03 Å². The quantitative estimate of drug-likeness (QED) is 0.740. The lowest BCUT2D eigenvalue weighted by atomic mass is 9.88. The van der Waals surface area contributed by atoms with Gasteiger partial charge in [0.05, 0.1) is 6.10 Å². The molecule has 8 heteroatoms.